The number of methoxy groups -OCH3 is 1. The van der Waals surface area contributed by atoms with Crippen LogP contribution in [0.5, 0.6) is 5.75 Å². The van der Waals surface area contributed by atoms with Gasteiger partial charge >= 0.3 is 0 Å². The standard InChI is InChI=1S/C17H20N2O2S/c1-12(18-13-7-6-8-14(11-13)22-3)17(20)19-15-9-4-5-10-16(15)21-2/h4-12,18H,1-3H3,(H,19,20)/t12-/m1/s1. The molecule has 0 fully saturated rings. The maximum atomic E-state index is 12.3. The molecule has 0 bridgehead atoms. The van der Waals surface area contributed by atoms with Crippen LogP contribution in [0.4, 0.5) is 11.4 Å². The Balaban J connectivity index is 2.02. The van der Waals surface area contributed by atoms with Crippen molar-refractivity contribution in [1.82, 2.24) is 0 Å². The highest BCUT2D eigenvalue weighted by molar-refractivity contribution is 7.98. The summed E-state index contributed by atoms with van der Waals surface area (Å²) in [5.74, 6) is 0.534. The van der Waals surface area contributed by atoms with E-state index in [2.05, 4.69) is 10.6 Å². The number of hydrogen-bond donors (Lipinski definition) is 2. The molecule has 0 aliphatic heterocycles. The predicted octanol–water partition coefficient (Wildman–Crippen LogP) is 3.86. The summed E-state index contributed by atoms with van der Waals surface area (Å²) in [6.07, 6.45) is 2.02. The molecule has 0 saturated heterocycles. The van der Waals surface area contributed by atoms with E-state index in [9.17, 15) is 4.79 Å². The first kappa shape index (κ1) is 16.2. The Kier molecular flexibility index (Phi) is 5.72. The number of rotatable bonds is 6. The molecule has 0 aliphatic rings. The number of benzene rings is 2. The molecule has 0 saturated carbocycles. The normalized spacial score (nSPS) is 11.6. The van der Waals surface area contributed by atoms with E-state index >= 15 is 0 Å². The molecule has 0 aromatic heterocycles. The number of amides is 1. The van der Waals surface area contributed by atoms with Crippen molar-refractivity contribution in [3.05, 3.63) is 48.5 Å². The molecular weight excluding hydrogens is 296 g/mol. The third-order valence-corrected chi connectivity index (χ3v) is 3.94. The highest BCUT2D eigenvalue weighted by Crippen LogP contribution is 2.24. The van der Waals surface area contributed by atoms with Crippen molar-refractivity contribution in [2.45, 2.75) is 17.9 Å². The smallest absolute Gasteiger partial charge is 0.246 e. The fourth-order valence-electron chi connectivity index (χ4n) is 2.02. The van der Waals surface area contributed by atoms with Gasteiger partial charge in [-0.2, -0.15) is 0 Å². The van der Waals surface area contributed by atoms with E-state index < -0.39 is 0 Å². The Hall–Kier alpha value is -2.14. The van der Waals surface area contributed by atoms with Crippen LogP contribution in [0.3, 0.4) is 0 Å². The number of carbonyl (C=O) groups excluding carboxylic acids is 1. The lowest BCUT2D eigenvalue weighted by molar-refractivity contribution is -0.116. The van der Waals surface area contributed by atoms with Gasteiger partial charge < -0.3 is 15.4 Å². The molecule has 2 aromatic rings. The Morgan fingerprint density at radius 1 is 1.18 bits per heavy atom. The monoisotopic (exact) mass is 316 g/mol. The molecule has 22 heavy (non-hydrogen) atoms. The number of carbonyl (C=O) groups is 1. The number of thioether (sulfide) groups is 1. The maximum absolute atomic E-state index is 12.3. The molecule has 1 amide bonds. The molecule has 0 heterocycles. The predicted molar refractivity (Wildman–Crippen MR) is 92.9 cm³/mol. The number of ether oxygens (including phenoxy) is 1. The second kappa shape index (κ2) is 7.75. The molecule has 4 nitrogen and oxygen atoms in total. The van der Waals surface area contributed by atoms with Crippen molar-refractivity contribution < 1.29 is 9.53 Å². The number of anilines is 2. The van der Waals surface area contributed by atoms with E-state index in [4.69, 9.17) is 4.74 Å². The summed E-state index contributed by atoms with van der Waals surface area (Å²) in [5.41, 5.74) is 1.59. The van der Waals surface area contributed by atoms with Gasteiger partial charge in [0.1, 0.15) is 11.8 Å². The second-order valence-corrected chi connectivity index (χ2v) is 5.67. The largest absolute Gasteiger partial charge is 0.495 e. The van der Waals surface area contributed by atoms with Gasteiger partial charge in [0.15, 0.2) is 0 Å². The van der Waals surface area contributed by atoms with Crippen molar-refractivity contribution in [1.29, 1.82) is 0 Å². The summed E-state index contributed by atoms with van der Waals surface area (Å²) in [4.78, 5) is 13.5. The van der Waals surface area contributed by atoms with Gasteiger partial charge in [-0.05, 0) is 43.5 Å². The Morgan fingerprint density at radius 2 is 1.95 bits per heavy atom. The fraction of sp³-hybridized carbons (Fsp3) is 0.235. The van der Waals surface area contributed by atoms with E-state index in [1.54, 1.807) is 18.9 Å². The van der Waals surface area contributed by atoms with Gasteiger partial charge in [-0.1, -0.05) is 18.2 Å². The highest BCUT2D eigenvalue weighted by atomic mass is 32.2. The molecule has 116 valence electrons. The van der Waals surface area contributed by atoms with Crippen LogP contribution >= 0.6 is 11.8 Å². The van der Waals surface area contributed by atoms with Crippen molar-refractivity contribution in [3.8, 4) is 5.75 Å². The molecule has 2 aromatic carbocycles. The van der Waals surface area contributed by atoms with Crippen molar-refractivity contribution >= 4 is 29.0 Å². The number of para-hydroxylation sites is 2. The first-order valence-corrected chi connectivity index (χ1v) is 8.21. The molecule has 0 spiro atoms. The first-order chi connectivity index (χ1) is 10.6. The number of nitrogens with one attached hydrogen (secondary N) is 2. The van der Waals surface area contributed by atoms with Crippen LogP contribution in [0.15, 0.2) is 53.4 Å². The van der Waals surface area contributed by atoms with Gasteiger partial charge in [-0.25, -0.2) is 0 Å². The van der Waals surface area contributed by atoms with Crippen LogP contribution in [0.1, 0.15) is 6.92 Å². The van der Waals surface area contributed by atoms with Gasteiger partial charge in [0.2, 0.25) is 5.91 Å². The topological polar surface area (TPSA) is 50.4 Å². The minimum Gasteiger partial charge on any atom is -0.495 e. The van der Waals surface area contributed by atoms with E-state index in [0.717, 1.165) is 10.6 Å². The Bertz CT molecular complexity index is 646. The molecule has 5 heteroatoms. The van der Waals surface area contributed by atoms with Gasteiger partial charge in [0.05, 0.1) is 12.8 Å². The molecule has 0 unspecified atom stereocenters. The lowest BCUT2D eigenvalue weighted by Gasteiger charge is -2.17. The summed E-state index contributed by atoms with van der Waals surface area (Å²) >= 11 is 1.67. The minimum absolute atomic E-state index is 0.112. The SMILES string of the molecule is COc1ccccc1NC(=O)[C@@H](C)Nc1cccc(SC)c1. The maximum Gasteiger partial charge on any atom is 0.246 e. The molecule has 0 aliphatic carbocycles. The first-order valence-electron chi connectivity index (χ1n) is 6.98. The van der Waals surface area contributed by atoms with E-state index in [-0.39, 0.29) is 11.9 Å². The van der Waals surface area contributed by atoms with E-state index in [1.807, 2.05) is 61.7 Å². The van der Waals surface area contributed by atoms with Crippen LogP contribution in [0, 0.1) is 0 Å². The molecule has 0 radical (unpaired) electrons. The van der Waals surface area contributed by atoms with E-state index in [0.29, 0.717) is 11.4 Å². The molecule has 2 N–H and O–H groups in total. The summed E-state index contributed by atoms with van der Waals surface area (Å²) < 4.78 is 5.24. The van der Waals surface area contributed by atoms with E-state index in [1.165, 1.54) is 0 Å². The van der Waals surface area contributed by atoms with Crippen LogP contribution < -0.4 is 15.4 Å². The quantitative estimate of drug-likeness (QED) is 0.795. The fourth-order valence-corrected chi connectivity index (χ4v) is 2.48. The summed E-state index contributed by atoms with van der Waals surface area (Å²) in [7, 11) is 1.58. The molecule has 1 atom stereocenters. The van der Waals surface area contributed by atoms with Crippen LogP contribution in [0.25, 0.3) is 0 Å². The second-order valence-electron chi connectivity index (χ2n) is 4.79. The van der Waals surface area contributed by atoms with Gasteiger partial charge in [0.25, 0.3) is 0 Å². The third-order valence-electron chi connectivity index (χ3n) is 3.21. The van der Waals surface area contributed by atoms with Crippen molar-refractivity contribution in [3.63, 3.8) is 0 Å². The van der Waals surface area contributed by atoms with Crippen LogP contribution in [-0.4, -0.2) is 25.3 Å². The average Bonchev–Trinajstić information content (AvgIpc) is 2.55. The van der Waals surface area contributed by atoms with Gasteiger partial charge in [-0.15, -0.1) is 11.8 Å². The van der Waals surface area contributed by atoms with Crippen LogP contribution in [0.2, 0.25) is 0 Å². The highest BCUT2D eigenvalue weighted by Gasteiger charge is 2.14. The lowest BCUT2D eigenvalue weighted by atomic mass is 10.2. The number of hydrogen-bond acceptors (Lipinski definition) is 4. The molecule has 2 rings (SSSR count). The van der Waals surface area contributed by atoms with Gasteiger partial charge in [0, 0.05) is 10.6 Å². The van der Waals surface area contributed by atoms with Crippen LogP contribution in [-0.2, 0) is 4.79 Å². The van der Waals surface area contributed by atoms with Crippen molar-refractivity contribution in [2.24, 2.45) is 0 Å². The Labute approximate surface area is 135 Å². The zero-order valence-electron chi connectivity index (χ0n) is 12.9. The van der Waals surface area contributed by atoms with Gasteiger partial charge in [-0.3, -0.25) is 4.79 Å². The average molecular weight is 316 g/mol. The molecular formula is C17H20N2O2S. The van der Waals surface area contributed by atoms with Crippen molar-refractivity contribution in [2.75, 3.05) is 24.0 Å². The summed E-state index contributed by atoms with van der Waals surface area (Å²) in [6.45, 7) is 1.83. The third kappa shape index (κ3) is 4.18. The zero-order chi connectivity index (χ0) is 15.9. The Morgan fingerprint density at radius 3 is 2.68 bits per heavy atom. The minimum atomic E-state index is -0.359. The summed E-state index contributed by atoms with van der Waals surface area (Å²) in [5, 5.41) is 6.09. The zero-order valence-corrected chi connectivity index (χ0v) is 13.7. The lowest BCUT2D eigenvalue weighted by Crippen LogP contribution is -2.32. The summed E-state index contributed by atoms with van der Waals surface area (Å²) in [6, 6.07) is 15.0.